The highest BCUT2D eigenvalue weighted by Gasteiger charge is 2.39. The first kappa shape index (κ1) is 12.9. The average Bonchev–Trinajstić information content (AvgIpc) is 3.30. The van der Waals surface area contributed by atoms with Crippen molar-refractivity contribution >= 4 is 22.2 Å². The van der Waals surface area contributed by atoms with Gasteiger partial charge in [0, 0.05) is 30.2 Å². The number of benzene rings is 1. The third-order valence-corrected chi connectivity index (χ3v) is 4.83. The van der Waals surface area contributed by atoms with Gasteiger partial charge in [0.1, 0.15) is 17.8 Å². The van der Waals surface area contributed by atoms with Gasteiger partial charge < -0.3 is 4.42 Å². The number of rotatable bonds is 1. The lowest BCUT2D eigenvalue weighted by Crippen LogP contribution is -2.31. The molecule has 0 saturated heterocycles. The molecule has 5 aromatic rings. The van der Waals surface area contributed by atoms with E-state index in [4.69, 9.17) is 4.42 Å². The number of imidazole rings is 1. The van der Waals surface area contributed by atoms with Gasteiger partial charge in [-0.15, -0.1) is 0 Å². The summed E-state index contributed by atoms with van der Waals surface area (Å²) in [4.78, 5) is 8.94. The largest absolute Gasteiger partial charge is 0.419 e. The third-order valence-electron chi connectivity index (χ3n) is 4.83. The van der Waals surface area contributed by atoms with Gasteiger partial charge in [0.05, 0.1) is 5.39 Å². The molecule has 118 valence electrons. The Labute approximate surface area is 142 Å². The second-order valence-electron chi connectivity index (χ2n) is 6.22. The molecule has 0 radical (unpaired) electrons. The molecule has 0 amide bonds. The zero-order chi connectivity index (χ0) is 16.4. The van der Waals surface area contributed by atoms with E-state index < -0.39 is 0 Å². The summed E-state index contributed by atoms with van der Waals surface area (Å²) in [7, 11) is 0. The molecule has 4 aromatic heterocycles. The summed E-state index contributed by atoms with van der Waals surface area (Å²) in [6, 6.07) is 16.4. The number of hydrogen-bond donors (Lipinski definition) is 0. The summed E-state index contributed by atoms with van der Waals surface area (Å²) in [5.74, 6) is 1.06. The van der Waals surface area contributed by atoms with E-state index in [2.05, 4.69) is 37.3 Å². The van der Waals surface area contributed by atoms with Crippen molar-refractivity contribution in [2.24, 2.45) is 0 Å². The number of nitrogens with zero attached hydrogens (tertiary/aromatic N) is 4. The molecule has 5 nitrogen and oxygen atoms in total. The van der Waals surface area contributed by atoms with Gasteiger partial charge in [-0.2, -0.15) is 9.13 Å². The number of para-hydroxylation sites is 1. The van der Waals surface area contributed by atoms with Crippen LogP contribution in [-0.4, -0.2) is 14.5 Å². The van der Waals surface area contributed by atoms with Crippen LogP contribution in [0.4, 0.5) is 0 Å². The molecule has 5 heterocycles. The number of aromatic nitrogens is 4. The van der Waals surface area contributed by atoms with E-state index >= 15 is 0 Å². The number of hydrogen-bond acceptors (Lipinski definition) is 3. The fraction of sp³-hybridized carbons (Fsp3) is 0.0500. The first-order chi connectivity index (χ1) is 12.4. The van der Waals surface area contributed by atoms with E-state index in [9.17, 15) is 0 Å². The van der Waals surface area contributed by atoms with E-state index in [1.807, 2.05) is 42.7 Å². The quantitative estimate of drug-likeness (QED) is 0.435. The van der Waals surface area contributed by atoms with Crippen LogP contribution in [0, 0.1) is 0 Å². The molecule has 1 aromatic carbocycles. The maximum Gasteiger partial charge on any atom is 0.340 e. The minimum Gasteiger partial charge on any atom is -0.419 e. The van der Waals surface area contributed by atoms with Crippen LogP contribution in [0.2, 0.25) is 0 Å². The molecule has 0 atom stereocenters. The van der Waals surface area contributed by atoms with E-state index in [-0.39, 0.29) is 0 Å². The predicted molar refractivity (Wildman–Crippen MR) is 93.4 cm³/mol. The first-order valence-corrected chi connectivity index (χ1v) is 8.22. The van der Waals surface area contributed by atoms with Crippen LogP contribution in [0.1, 0.15) is 5.56 Å². The number of pyridine rings is 2. The van der Waals surface area contributed by atoms with E-state index in [1.54, 1.807) is 6.20 Å². The van der Waals surface area contributed by atoms with Gasteiger partial charge in [0.25, 0.3) is 0 Å². The maximum absolute atomic E-state index is 6.20. The molecule has 0 fully saturated rings. The third kappa shape index (κ3) is 1.59. The van der Waals surface area contributed by atoms with Crippen molar-refractivity contribution in [2.45, 2.75) is 6.54 Å². The van der Waals surface area contributed by atoms with Gasteiger partial charge in [-0.05, 0) is 18.2 Å². The van der Waals surface area contributed by atoms with Crippen molar-refractivity contribution < 1.29 is 8.98 Å². The monoisotopic (exact) mass is 325 g/mol. The lowest BCUT2D eigenvalue weighted by molar-refractivity contribution is -0.652. The van der Waals surface area contributed by atoms with Gasteiger partial charge in [0.15, 0.2) is 5.69 Å². The Hall–Kier alpha value is -3.47. The standard InChI is InChI=1S/C20H13N4O/c1-2-6-14(7-3-1)24-18-15-11-21-10-8-16(15)25-20(18)23-12-13-5-4-9-22-17(13)19(23)24/h1-11H,12H2/q+1. The highest BCUT2D eigenvalue weighted by molar-refractivity contribution is 6.02. The van der Waals surface area contributed by atoms with Crippen LogP contribution in [0.15, 0.2) is 71.5 Å². The molecule has 1 aliphatic heterocycles. The number of furan rings is 1. The van der Waals surface area contributed by atoms with Gasteiger partial charge in [0.2, 0.25) is 5.52 Å². The molecule has 1 aliphatic rings. The zero-order valence-electron chi connectivity index (χ0n) is 13.3. The topological polar surface area (TPSA) is 47.7 Å². The van der Waals surface area contributed by atoms with Gasteiger partial charge in [-0.3, -0.25) is 4.98 Å². The fourth-order valence-corrected chi connectivity index (χ4v) is 3.78. The fourth-order valence-electron chi connectivity index (χ4n) is 3.78. The van der Waals surface area contributed by atoms with E-state index in [1.165, 1.54) is 5.56 Å². The Morgan fingerprint density at radius 2 is 1.92 bits per heavy atom. The lowest BCUT2D eigenvalue weighted by atomic mass is 10.2. The second-order valence-corrected chi connectivity index (χ2v) is 6.22. The molecule has 0 saturated carbocycles. The Bertz CT molecular complexity index is 1270. The summed E-state index contributed by atoms with van der Waals surface area (Å²) >= 11 is 0. The Kier molecular flexibility index (Phi) is 2.34. The molecule has 6 rings (SSSR count). The van der Waals surface area contributed by atoms with Crippen LogP contribution in [-0.2, 0) is 6.54 Å². The van der Waals surface area contributed by atoms with Crippen LogP contribution >= 0.6 is 0 Å². The SMILES string of the molecule is c1ccc(-n2c3[n+](c4oc5ccncc5c42)Cc2cccnc2-3)cc1. The average molecular weight is 325 g/mol. The molecule has 0 unspecified atom stereocenters. The summed E-state index contributed by atoms with van der Waals surface area (Å²) in [6.07, 6.45) is 5.48. The summed E-state index contributed by atoms with van der Waals surface area (Å²) in [5.41, 5.74) is 6.06. The molecule has 5 heteroatoms. The smallest absolute Gasteiger partial charge is 0.340 e. The molecule has 25 heavy (non-hydrogen) atoms. The number of fused-ring (bicyclic) bond motifs is 7. The van der Waals surface area contributed by atoms with Gasteiger partial charge in [-0.25, -0.2) is 4.98 Å². The minimum atomic E-state index is 0.766. The van der Waals surface area contributed by atoms with E-state index in [0.717, 1.165) is 45.9 Å². The lowest BCUT2D eigenvalue weighted by Gasteiger charge is -2.00. The summed E-state index contributed by atoms with van der Waals surface area (Å²) in [6.45, 7) is 0.766. The highest BCUT2D eigenvalue weighted by Crippen LogP contribution is 2.36. The maximum atomic E-state index is 6.20. The Morgan fingerprint density at radius 3 is 2.84 bits per heavy atom. The van der Waals surface area contributed by atoms with Crippen LogP contribution < -0.4 is 4.57 Å². The van der Waals surface area contributed by atoms with Gasteiger partial charge in [-0.1, -0.05) is 24.3 Å². The molecule has 0 bridgehead atoms. The van der Waals surface area contributed by atoms with Gasteiger partial charge >= 0.3 is 11.5 Å². The van der Waals surface area contributed by atoms with Crippen molar-refractivity contribution in [3.05, 3.63) is 72.7 Å². The molecular weight excluding hydrogens is 312 g/mol. The molecule has 0 aliphatic carbocycles. The van der Waals surface area contributed by atoms with Crippen LogP contribution in [0.25, 0.3) is 39.4 Å². The Morgan fingerprint density at radius 1 is 1.00 bits per heavy atom. The molecule has 0 N–H and O–H groups in total. The summed E-state index contributed by atoms with van der Waals surface area (Å²) in [5, 5.41) is 1.01. The predicted octanol–water partition coefficient (Wildman–Crippen LogP) is 3.48. The Balaban J connectivity index is 1.84. The molecular formula is C20H13N4O+. The zero-order valence-corrected chi connectivity index (χ0v) is 13.3. The van der Waals surface area contributed by atoms with E-state index in [0.29, 0.717) is 0 Å². The van der Waals surface area contributed by atoms with Crippen molar-refractivity contribution in [1.29, 1.82) is 0 Å². The van der Waals surface area contributed by atoms with Crippen LogP contribution in [0.5, 0.6) is 0 Å². The minimum absolute atomic E-state index is 0.766. The summed E-state index contributed by atoms with van der Waals surface area (Å²) < 4.78 is 10.6. The van der Waals surface area contributed by atoms with Crippen molar-refractivity contribution in [3.8, 4) is 17.2 Å². The second kappa shape index (κ2) is 4.54. The van der Waals surface area contributed by atoms with Crippen molar-refractivity contribution in [2.75, 3.05) is 0 Å². The van der Waals surface area contributed by atoms with Crippen LogP contribution in [0.3, 0.4) is 0 Å². The van der Waals surface area contributed by atoms with Crippen molar-refractivity contribution in [3.63, 3.8) is 0 Å². The molecule has 0 spiro atoms. The van der Waals surface area contributed by atoms with Crippen molar-refractivity contribution in [1.82, 2.24) is 14.5 Å². The normalized spacial score (nSPS) is 12.6. The first-order valence-electron chi connectivity index (χ1n) is 8.22. The highest BCUT2D eigenvalue weighted by atomic mass is 16.3.